The lowest BCUT2D eigenvalue weighted by atomic mass is 10.2. The molecular formula is C17H20N2O6. The first-order valence-corrected chi connectivity index (χ1v) is 7.49. The second kappa shape index (κ2) is 9.39. The fourth-order valence-electron chi connectivity index (χ4n) is 1.67. The zero-order chi connectivity index (χ0) is 18.9. The smallest absolute Gasteiger partial charge is 0.384 e. The number of ether oxygens (including phenoxy) is 2. The van der Waals surface area contributed by atoms with Crippen molar-refractivity contribution in [3.63, 3.8) is 0 Å². The van der Waals surface area contributed by atoms with E-state index >= 15 is 0 Å². The van der Waals surface area contributed by atoms with E-state index < -0.39 is 22.5 Å². The summed E-state index contributed by atoms with van der Waals surface area (Å²) in [7, 11) is 0. The molecule has 0 amide bonds. The van der Waals surface area contributed by atoms with Gasteiger partial charge in [-0.1, -0.05) is 18.1 Å². The number of carbonyl (C=O) groups is 2. The van der Waals surface area contributed by atoms with Gasteiger partial charge < -0.3 is 9.47 Å². The minimum absolute atomic E-state index is 0.0971. The Bertz CT molecular complexity index is 697. The Hall–Kier alpha value is -2.92. The molecule has 0 unspecified atom stereocenters. The van der Waals surface area contributed by atoms with E-state index in [0.29, 0.717) is 5.56 Å². The highest BCUT2D eigenvalue weighted by atomic mass is 16.6. The highest BCUT2D eigenvalue weighted by Gasteiger charge is 2.15. The lowest BCUT2D eigenvalue weighted by molar-refractivity contribution is -0.385. The van der Waals surface area contributed by atoms with Crippen molar-refractivity contribution in [2.75, 3.05) is 13.1 Å². The van der Waals surface area contributed by atoms with Gasteiger partial charge in [-0.25, -0.2) is 4.79 Å². The van der Waals surface area contributed by atoms with Crippen molar-refractivity contribution < 1.29 is 24.0 Å². The van der Waals surface area contributed by atoms with E-state index in [1.54, 1.807) is 26.8 Å². The Morgan fingerprint density at radius 3 is 2.60 bits per heavy atom. The van der Waals surface area contributed by atoms with Crippen molar-refractivity contribution in [3.8, 4) is 11.8 Å². The number of esters is 2. The molecule has 8 nitrogen and oxygen atoms in total. The molecule has 1 aromatic carbocycles. The SMILES string of the molecule is CC(C)(C)OC(=O)C#CCNCC(=O)OCc1ccccc1[N+](=O)[O-]. The zero-order valence-corrected chi connectivity index (χ0v) is 14.3. The topological polar surface area (TPSA) is 108 Å². The Kier molecular flexibility index (Phi) is 7.56. The maximum absolute atomic E-state index is 11.6. The Balaban J connectivity index is 2.33. The van der Waals surface area contributed by atoms with Crippen molar-refractivity contribution in [2.24, 2.45) is 0 Å². The molecule has 0 aliphatic rings. The highest BCUT2D eigenvalue weighted by molar-refractivity contribution is 5.88. The van der Waals surface area contributed by atoms with Crippen LogP contribution in [0.2, 0.25) is 0 Å². The van der Waals surface area contributed by atoms with Crippen LogP contribution in [0.15, 0.2) is 24.3 Å². The second-order valence-electron chi connectivity index (χ2n) is 5.95. The standard InChI is InChI=1S/C17H20N2O6/c1-17(2,3)25-15(20)9-6-10-18-11-16(21)24-12-13-7-4-5-8-14(13)19(22)23/h4-5,7-8,18H,10-12H2,1-3H3. The molecule has 1 aromatic rings. The summed E-state index contributed by atoms with van der Waals surface area (Å²) in [6, 6.07) is 6.02. The van der Waals surface area contributed by atoms with Gasteiger partial charge in [0, 0.05) is 12.0 Å². The predicted molar refractivity (Wildman–Crippen MR) is 89.4 cm³/mol. The maximum atomic E-state index is 11.6. The predicted octanol–water partition coefficient (Wildman–Crippen LogP) is 1.57. The normalized spacial score (nSPS) is 10.4. The first-order valence-electron chi connectivity index (χ1n) is 7.49. The number of para-hydroxylation sites is 1. The average Bonchev–Trinajstić information content (AvgIpc) is 2.51. The number of benzene rings is 1. The van der Waals surface area contributed by atoms with E-state index in [2.05, 4.69) is 17.2 Å². The molecular weight excluding hydrogens is 328 g/mol. The molecule has 0 saturated carbocycles. The third-order valence-corrected chi connectivity index (χ3v) is 2.65. The van der Waals surface area contributed by atoms with E-state index in [4.69, 9.17) is 9.47 Å². The van der Waals surface area contributed by atoms with Gasteiger partial charge in [0.25, 0.3) is 5.69 Å². The van der Waals surface area contributed by atoms with Crippen LogP contribution in [-0.2, 0) is 25.7 Å². The summed E-state index contributed by atoms with van der Waals surface area (Å²) in [5.41, 5.74) is -0.402. The zero-order valence-electron chi connectivity index (χ0n) is 14.3. The number of hydrogen-bond donors (Lipinski definition) is 1. The second-order valence-corrected chi connectivity index (χ2v) is 5.95. The summed E-state index contributed by atoms with van der Waals surface area (Å²) in [4.78, 5) is 33.2. The molecule has 0 spiro atoms. The van der Waals surface area contributed by atoms with E-state index in [-0.39, 0.29) is 25.4 Å². The van der Waals surface area contributed by atoms with Gasteiger partial charge in [0.15, 0.2) is 0 Å². The number of nitro groups is 1. The van der Waals surface area contributed by atoms with Crippen molar-refractivity contribution in [3.05, 3.63) is 39.9 Å². The quantitative estimate of drug-likeness (QED) is 0.208. The number of nitrogens with one attached hydrogen (secondary N) is 1. The average molecular weight is 348 g/mol. The molecule has 0 heterocycles. The fourth-order valence-corrected chi connectivity index (χ4v) is 1.67. The third kappa shape index (κ3) is 8.48. The first-order chi connectivity index (χ1) is 11.7. The first kappa shape index (κ1) is 20.1. The fraction of sp³-hybridized carbons (Fsp3) is 0.412. The Morgan fingerprint density at radius 2 is 1.96 bits per heavy atom. The number of rotatable bonds is 6. The molecule has 25 heavy (non-hydrogen) atoms. The molecule has 0 saturated heterocycles. The number of hydrogen-bond acceptors (Lipinski definition) is 7. The van der Waals surface area contributed by atoms with E-state index in [9.17, 15) is 19.7 Å². The van der Waals surface area contributed by atoms with Gasteiger partial charge >= 0.3 is 11.9 Å². The van der Waals surface area contributed by atoms with Crippen LogP contribution in [-0.4, -0.2) is 35.6 Å². The summed E-state index contributed by atoms with van der Waals surface area (Å²) in [6.45, 7) is 4.97. The van der Waals surface area contributed by atoms with Gasteiger partial charge in [0.2, 0.25) is 0 Å². The Labute approximate surface area is 145 Å². The summed E-state index contributed by atoms with van der Waals surface area (Å²) >= 11 is 0. The van der Waals surface area contributed by atoms with Crippen LogP contribution in [0.1, 0.15) is 26.3 Å². The largest absolute Gasteiger partial charge is 0.460 e. The monoisotopic (exact) mass is 348 g/mol. The highest BCUT2D eigenvalue weighted by Crippen LogP contribution is 2.18. The summed E-state index contributed by atoms with van der Waals surface area (Å²) in [5.74, 6) is 3.59. The van der Waals surface area contributed by atoms with E-state index in [1.807, 2.05) is 0 Å². The van der Waals surface area contributed by atoms with Gasteiger partial charge in [-0.2, -0.15) is 0 Å². The van der Waals surface area contributed by atoms with E-state index in [0.717, 1.165) is 0 Å². The van der Waals surface area contributed by atoms with Crippen LogP contribution in [0.25, 0.3) is 0 Å². The van der Waals surface area contributed by atoms with Crippen molar-refractivity contribution in [1.82, 2.24) is 5.32 Å². The van der Waals surface area contributed by atoms with Crippen LogP contribution in [0.3, 0.4) is 0 Å². The molecule has 0 aromatic heterocycles. The molecule has 0 radical (unpaired) electrons. The number of nitro benzene ring substituents is 1. The maximum Gasteiger partial charge on any atom is 0.384 e. The molecule has 1 rings (SSSR count). The molecule has 0 bridgehead atoms. The van der Waals surface area contributed by atoms with Gasteiger partial charge in [-0.15, -0.1) is 0 Å². The molecule has 0 fully saturated rings. The van der Waals surface area contributed by atoms with Crippen LogP contribution in [0.5, 0.6) is 0 Å². The third-order valence-electron chi connectivity index (χ3n) is 2.65. The summed E-state index contributed by atoms with van der Waals surface area (Å²) in [5, 5.41) is 13.5. The summed E-state index contributed by atoms with van der Waals surface area (Å²) in [6.07, 6.45) is 0. The molecule has 0 aliphatic carbocycles. The van der Waals surface area contributed by atoms with Crippen LogP contribution < -0.4 is 5.32 Å². The molecule has 0 atom stereocenters. The molecule has 8 heteroatoms. The van der Waals surface area contributed by atoms with Gasteiger partial charge in [-0.05, 0) is 26.8 Å². The minimum Gasteiger partial charge on any atom is -0.460 e. The summed E-state index contributed by atoms with van der Waals surface area (Å²) < 4.78 is 9.96. The lowest BCUT2D eigenvalue weighted by Crippen LogP contribution is -2.25. The van der Waals surface area contributed by atoms with E-state index in [1.165, 1.54) is 18.2 Å². The van der Waals surface area contributed by atoms with Crippen LogP contribution in [0, 0.1) is 22.0 Å². The van der Waals surface area contributed by atoms with Gasteiger partial charge in [0.05, 0.1) is 23.6 Å². The Morgan fingerprint density at radius 1 is 1.28 bits per heavy atom. The van der Waals surface area contributed by atoms with Crippen molar-refractivity contribution >= 4 is 17.6 Å². The van der Waals surface area contributed by atoms with Crippen molar-refractivity contribution in [2.45, 2.75) is 33.0 Å². The molecule has 134 valence electrons. The minimum atomic E-state index is -0.645. The van der Waals surface area contributed by atoms with Crippen LogP contribution in [0.4, 0.5) is 5.69 Å². The number of carbonyl (C=O) groups excluding carboxylic acids is 2. The van der Waals surface area contributed by atoms with Crippen LogP contribution >= 0.6 is 0 Å². The molecule has 0 aliphatic heterocycles. The molecule has 1 N–H and O–H groups in total. The number of nitrogens with zero attached hydrogens (tertiary/aromatic N) is 1. The van der Waals surface area contributed by atoms with Crippen molar-refractivity contribution in [1.29, 1.82) is 0 Å². The van der Waals surface area contributed by atoms with Gasteiger partial charge in [0.1, 0.15) is 12.2 Å². The lowest BCUT2D eigenvalue weighted by Gasteiger charge is -2.16. The van der Waals surface area contributed by atoms with Gasteiger partial charge in [-0.3, -0.25) is 20.2 Å².